The summed E-state index contributed by atoms with van der Waals surface area (Å²) in [5.74, 6) is -0.749. The van der Waals surface area contributed by atoms with Gasteiger partial charge in [0.2, 0.25) is 0 Å². The van der Waals surface area contributed by atoms with Gasteiger partial charge in [-0.2, -0.15) is 11.8 Å². The Balaban J connectivity index is 1.70. The fraction of sp³-hybridized carbons (Fsp3) is 0.235. The monoisotopic (exact) mass is 552 g/mol. The van der Waals surface area contributed by atoms with Gasteiger partial charge in [0.05, 0.1) is 0 Å². The zero-order valence-corrected chi connectivity index (χ0v) is 24.1. The Labute approximate surface area is 241 Å². The number of aliphatic carboxylic acids is 1. The lowest BCUT2D eigenvalue weighted by atomic mass is 9.93. The van der Waals surface area contributed by atoms with Gasteiger partial charge in [-0.3, -0.25) is 4.79 Å². The van der Waals surface area contributed by atoms with Crippen molar-refractivity contribution in [2.24, 2.45) is 0 Å². The van der Waals surface area contributed by atoms with E-state index in [2.05, 4.69) is 59.6 Å². The lowest BCUT2D eigenvalue weighted by Gasteiger charge is -2.26. The largest absolute Gasteiger partial charge is 0.480 e. The van der Waals surface area contributed by atoms with Crippen LogP contribution in [-0.2, 0) is 17.9 Å². The van der Waals surface area contributed by atoms with Gasteiger partial charge in [-0.1, -0.05) is 78.4 Å². The highest BCUT2D eigenvalue weighted by atomic mass is 32.2. The SMILES string of the molecule is CSCCC(NC(=O)c1ccc(CN(Cc2ccc(C)cc2)c2ccccc2)cc1-c1ccccc1C)C(=O)O. The molecule has 1 unspecified atom stereocenters. The van der Waals surface area contributed by atoms with Crippen LogP contribution in [0.3, 0.4) is 0 Å². The molecule has 0 bridgehead atoms. The van der Waals surface area contributed by atoms with Crippen LogP contribution in [0, 0.1) is 13.8 Å². The van der Waals surface area contributed by atoms with Crippen LogP contribution in [0.2, 0.25) is 0 Å². The Bertz CT molecular complexity index is 1440. The van der Waals surface area contributed by atoms with E-state index in [9.17, 15) is 14.7 Å². The van der Waals surface area contributed by atoms with Crippen LogP contribution in [0.1, 0.15) is 39.0 Å². The topological polar surface area (TPSA) is 69.6 Å². The van der Waals surface area contributed by atoms with Crippen molar-refractivity contribution in [1.82, 2.24) is 5.32 Å². The van der Waals surface area contributed by atoms with Crippen LogP contribution in [0.4, 0.5) is 5.69 Å². The quantitative estimate of drug-likeness (QED) is 0.196. The molecule has 4 rings (SSSR count). The lowest BCUT2D eigenvalue weighted by Crippen LogP contribution is -2.41. The Morgan fingerprint density at radius 1 is 0.825 bits per heavy atom. The molecule has 0 aliphatic heterocycles. The summed E-state index contributed by atoms with van der Waals surface area (Å²) in [6, 6.07) is 31.8. The molecule has 0 saturated heterocycles. The van der Waals surface area contributed by atoms with E-state index < -0.39 is 12.0 Å². The molecule has 1 amide bonds. The molecule has 0 fully saturated rings. The third kappa shape index (κ3) is 7.54. The van der Waals surface area contributed by atoms with Crippen molar-refractivity contribution in [1.29, 1.82) is 0 Å². The molecule has 40 heavy (non-hydrogen) atoms. The highest BCUT2D eigenvalue weighted by molar-refractivity contribution is 7.98. The van der Waals surface area contributed by atoms with Crippen LogP contribution in [-0.4, -0.2) is 35.0 Å². The van der Waals surface area contributed by atoms with E-state index in [-0.39, 0.29) is 5.91 Å². The van der Waals surface area contributed by atoms with Crippen molar-refractivity contribution in [2.45, 2.75) is 39.4 Å². The number of benzene rings is 4. The maximum atomic E-state index is 13.5. The second kappa shape index (κ2) is 13.9. The molecule has 4 aromatic carbocycles. The zero-order valence-electron chi connectivity index (χ0n) is 23.3. The summed E-state index contributed by atoms with van der Waals surface area (Å²) >= 11 is 1.56. The van der Waals surface area contributed by atoms with E-state index >= 15 is 0 Å². The number of thioether (sulfide) groups is 1. The van der Waals surface area contributed by atoms with Crippen LogP contribution in [0.15, 0.2) is 97.1 Å². The summed E-state index contributed by atoms with van der Waals surface area (Å²) < 4.78 is 0. The molecular formula is C34H36N2O3S. The number of anilines is 1. The van der Waals surface area contributed by atoms with Gasteiger partial charge in [0, 0.05) is 24.3 Å². The van der Waals surface area contributed by atoms with E-state index in [1.807, 2.05) is 67.8 Å². The van der Waals surface area contributed by atoms with Crippen molar-refractivity contribution in [2.75, 3.05) is 16.9 Å². The second-order valence-electron chi connectivity index (χ2n) is 10.0. The Hall–Kier alpha value is -4.03. The van der Waals surface area contributed by atoms with Crippen LogP contribution < -0.4 is 10.2 Å². The van der Waals surface area contributed by atoms with Crippen molar-refractivity contribution in [3.05, 3.63) is 125 Å². The van der Waals surface area contributed by atoms with E-state index in [1.165, 1.54) is 11.1 Å². The molecule has 4 aromatic rings. The number of carboxylic acid groups (broad SMARTS) is 1. The molecule has 0 aliphatic carbocycles. The third-order valence-electron chi connectivity index (χ3n) is 6.97. The van der Waals surface area contributed by atoms with Crippen LogP contribution in [0.25, 0.3) is 11.1 Å². The van der Waals surface area contributed by atoms with Crippen LogP contribution in [0.5, 0.6) is 0 Å². The van der Waals surface area contributed by atoms with Gasteiger partial charge in [0.1, 0.15) is 6.04 Å². The number of carbonyl (C=O) groups excluding carboxylic acids is 1. The first kappa shape index (κ1) is 29.0. The Kier molecular flexibility index (Phi) is 10.0. The summed E-state index contributed by atoms with van der Waals surface area (Å²) in [7, 11) is 0. The minimum Gasteiger partial charge on any atom is -0.480 e. The summed E-state index contributed by atoms with van der Waals surface area (Å²) in [5, 5.41) is 12.4. The molecule has 0 aliphatic rings. The molecular weight excluding hydrogens is 516 g/mol. The smallest absolute Gasteiger partial charge is 0.326 e. The first-order chi connectivity index (χ1) is 19.4. The van der Waals surface area contributed by atoms with Gasteiger partial charge in [-0.05, 0) is 84.4 Å². The van der Waals surface area contributed by atoms with Gasteiger partial charge >= 0.3 is 5.97 Å². The Morgan fingerprint density at radius 3 is 2.15 bits per heavy atom. The van der Waals surface area contributed by atoms with Crippen molar-refractivity contribution in [3.8, 4) is 11.1 Å². The first-order valence-electron chi connectivity index (χ1n) is 13.4. The Morgan fingerprint density at radius 2 is 1.48 bits per heavy atom. The van der Waals surface area contributed by atoms with Crippen molar-refractivity contribution in [3.63, 3.8) is 0 Å². The molecule has 0 radical (unpaired) electrons. The maximum Gasteiger partial charge on any atom is 0.326 e. The van der Waals surface area contributed by atoms with E-state index in [0.717, 1.165) is 34.5 Å². The number of nitrogens with one attached hydrogen (secondary N) is 1. The number of para-hydroxylation sites is 1. The number of nitrogens with zero attached hydrogens (tertiary/aromatic N) is 1. The number of carbonyl (C=O) groups is 2. The van der Waals surface area contributed by atoms with Gasteiger partial charge in [-0.15, -0.1) is 0 Å². The number of hydrogen-bond acceptors (Lipinski definition) is 4. The third-order valence-corrected chi connectivity index (χ3v) is 7.61. The van der Waals surface area contributed by atoms with E-state index in [0.29, 0.717) is 24.3 Å². The van der Waals surface area contributed by atoms with Gasteiger partial charge in [0.25, 0.3) is 5.91 Å². The van der Waals surface area contributed by atoms with E-state index in [4.69, 9.17) is 0 Å². The predicted octanol–water partition coefficient (Wildman–Crippen LogP) is 7.11. The standard InChI is InChI=1S/C34H36N2O3S/c1-24-13-15-26(16-14-24)22-36(28-10-5-4-6-11-28)23-27-17-18-30(31(21-27)29-12-8-7-9-25(29)2)33(37)35-32(34(38)39)19-20-40-3/h4-18,21,32H,19-20,22-23H2,1-3H3,(H,35,37)(H,38,39). The number of amides is 1. The molecule has 0 spiro atoms. The molecule has 5 nitrogen and oxygen atoms in total. The van der Waals surface area contributed by atoms with Crippen molar-refractivity contribution < 1.29 is 14.7 Å². The molecule has 206 valence electrons. The van der Waals surface area contributed by atoms with Crippen molar-refractivity contribution >= 4 is 29.3 Å². The minimum atomic E-state index is -1.02. The van der Waals surface area contributed by atoms with Crippen LogP contribution >= 0.6 is 11.8 Å². The fourth-order valence-electron chi connectivity index (χ4n) is 4.73. The van der Waals surface area contributed by atoms with Gasteiger partial charge in [0.15, 0.2) is 0 Å². The highest BCUT2D eigenvalue weighted by Crippen LogP contribution is 2.30. The summed E-state index contributed by atoms with van der Waals surface area (Å²) in [5.41, 5.74) is 7.88. The average molecular weight is 553 g/mol. The normalized spacial score (nSPS) is 11.6. The van der Waals surface area contributed by atoms with Gasteiger partial charge < -0.3 is 15.3 Å². The van der Waals surface area contributed by atoms with E-state index in [1.54, 1.807) is 11.8 Å². The fourth-order valence-corrected chi connectivity index (χ4v) is 5.20. The molecule has 1 atom stereocenters. The minimum absolute atomic E-state index is 0.366. The summed E-state index contributed by atoms with van der Waals surface area (Å²) in [4.78, 5) is 27.6. The second-order valence-corrected chi connectivity index (χ2v) is 11.0. The summed E-state index contributed by atoms with van der Waals surface area (Å²) in [6.45, 7) is 5.49. The predicted molar refractivity (Wildman–Crippen MR) is 166 cm³/mol. The number of rotatable bonds is 12. The number of aryl methyl sites for hydroxylation is 2. The number of carboxylic acids is 1. The van der Waals surface area contributed by atoms with Gasteiger partial charge in [-0.25, -0.2) is 4.79 Å². The molecule has 2 N–H and O–H groups in total. The zero-order chi connectivity index (χ0) is 28.5. The molecule has 0 heterocycles. The highest BCUT2D eigenvalue weighted by Gasteiger charge is 2.23. The maximum absolute atomic E-state index is 13.5. The average Bonchev–Trinajstić information content (AvgIpc) is 2.96. The number of hydrogen-bond donors (Lipinski definition) is 2. The lowest BCUT2D eigenvalue weighted by molar-refractivity contribution is -0.139. The molecule has 0 aromatic heterocycles. The molecule has 6 heteroatoms. The summed E-state index contributed by atoms with van der Waals surface area (Å²) in [6.07, 6.45) is 2.29. The first-order valence-corrected chi connectivity index (χ1v) is 14.8. The molecule has 0 saturated carbocycles.